The van der Waals surface area contributed by atoms with Gasteiger partial charge in [0.25, 0.3) is 0 Å². The molecule has 6 nitrogen and oxygen atoms in total. The minimum atomic E-state index is -0.464. The van der Waals surface area contributed by atoms with Crippen molar-refractivity contribution in [1.29, 1.82) is 0 Å². The van der Waals surface area contributed by atoms with E-state index in [4.69, 9.17) is 14.2 Å². The number of rotatable bonds is 8. The molecule has 0 radical (unpaired) electrons. The summed E-state index contributed by atoms with van der Waals surface area (Å²) in [5.74, 6) is 1.03. The van der Waals surface area contributed by atoms with Crippen molar-refractivity contribution >= 4 is 16.9 Å². The molecule has 6 rings (SSSR count). The molecule has 2 heterocycles. The van der Waals surface area contributed by atoms with Crippen LogP contribution in [0.1, 0.15) is 34.0 Å². The lowest BCUT2D eigenvalue weighted by atomic mass is 9.90. The summed E-state index contributed by atoms with van der Waals surface area (Å²) >= 11 is 0. The number of methoxy groups -OCH3 is 1. The van der Waals surface area contributed by atoms with Crippen molar-refractivity contribution in [3.05, 3.63) is 131 Å². The molecule has 0 saturated carbocycles. The zero-order valence-corrected chi connectivity index (χ0v) is 21.7. The van der Waals surface area contributed by atoms with E-state index in [-0.39, 0.29) is 12.0 Å². The lowest BCUT2D eigenvalue weighted by molar-refractivity contribution is -0.143. The standard InChI is InChI=1S/C33H30N2O4/c1-37-33(36)28-19-26-25-14-8-9-15-27(25)34-32(26)31(35-28)24-16-17-29(38-20-22-10-4-2-5-11-22)30(18-24)39-21-23-12-6-3-7-13-23/h2-18,28,31,34-35H,19-21H2,1H3/t28-,31+/m1/s1. The van der Waals surface area contributed by atoms with Crippen LogP contribution in [0.4, 0.5) is 0 Å². The maximum absolute atomic E-state index is 12.7. The van der Waals surface area contributed by atoms with Gasteiger partial charge in [-0.3, -0.25) is 10.1 Å². The lowest BCUT2D eigenvalue weighted by Gasteiger charge is -2.30. The fourth-order valence-electron chi connectivity index (χ4n) is 5.20. The van der Waals surface area contributed by atoms with E-state index >= 15 is 0 Å². The third-order valence-electron chi connectivity index (χ3n) is 7.17. The summed E-state index contributed by atoms with van der Waals surface area (Å²) in [7, 11) is 1.43. The molecular formula is C33H30N2O4. The Morgan fingerprint density at radius 2 is 1.44 bits per heavy atom. The molecule has 1 aliphatic heterocycles. The molecule has 0 bridgehead atoms. The third-order valence-corrected chi connectivity index (χ3v) is 7.17. The van der Waals surface area contributed by atoms with Crippen molar-refractivity contribution in [3.8, 4) is 11.5 Å². The highest BCUT2D eigenvalue weighted by molar-refractivity contribution is 5.87. The Hall–Kier alpha value is -4.55. The number of para-hydroxylation sites is 1. The highest BCUT2D eigenvalue weighted by atomic mass is 16.5. The van der Waals surface area contributed by atoms with Gasteiger partial charge in [0, 0.05) is 23.0 Å². The van der Waals surface area contributed by atoms with E-state index in [1.54, 1.807) is 0 Å². The summed E-state index contributed by atoms with van der Waals surface area (Å²) in [6.45, 7) is 0.840. The quantitative estimate of drug-likeness (QED) is 0.243. The minimum Gasteiger partial charge on any atom is -0.485 e. The SMILES string of the molecule is COC(=O)[C@H]1Cc2c([nH]c3ccccc23)[C@H](c2ccc(OCc3ccccc3)c(OCc3ccccc3)c2)N1. The smallest absolute Gasteiger partial charge is 0.323 e. The van der Waals surface area contributed by atoms with Crippen LogP contribution in [0.2, 0.25) is 0 Å². The Labute approximate surface area is 227 Å². The van der Waals surface area contributed by atoms with Crippen LogP contribution >= 0.6 is 0 Å². The Morgan fingerprint density at radius 3 is 2.13 bits per heavy atom. The largest absolute Gasteiger partial charge is 0.485 e. The van der Waals surface area contributed by atoms with Crippen LogP contribution in [0.3, 0.4) is 0 Å². The van der Waals surface area contributed by atoms with Gasteiger partial charge in [-0.15, -0.1) is 0 Å². The monoisotopic (exact) mass is 518 g/mol. The first-order valence-corrected chi connectivity index (χ1v) is 13.1. The molecule has 0 unspecified atom stereocenters. The van der Waals surface area contributed by atoms with Crippen molar-refractivity contribution < 1.29 is 19.0 Å². The predicted molar refractivity (Wildman–Crippen MR) is 151 cm³/mol. The van der Waals surface area contributed by atoms with E-state index in [9.17, 15) is 4.79 Å². The van der Waals surface area contributed by atoms with Crippen LogP contribution in [0, 0.1) is 0 Å². The summed E-state index contributed by atoms with van der Waals surface area (Å²) in [6.07, 6.45) is 0.554. The summed E-state index contributed by atoms with van der Waals surface area (Å²) in [5.41, 5.74) is 6.32. The van der Waals surface area contributed by atoms with Crippen LogP contribution in [-0.4, -0.2) is 24.1 Å². The van der Waals surface area contributed by atoms with Gasteiger partial charge in [-0.25, -0.2) is 0 Å². The molecule has 4 aromatic carbocycles. The van der Waals surface area contributed by atoms with Gasteiger partial charge in [-0.05, 0) is 40.5 Å². The number of ether oxygens (including phenoxy) is 3. The maximum atomic E-state index is 12.7. The maximum Gasteiger partial charge on any atom is 0.323 e. The van der Waals surface area contributed by atoms with Gasteiger partial charge in [0.05, 0.1) is 13.2 Å². The average Bonchev–Trinajstić information content (AvgIpc) is 3.38. The van der Waals surface area contributed by atoms with E-state index in [0.717, 1.165) is 38.9 Å². The Morgan fingerprint density at radius 1 is 0.795 bits per heavy atom. The second kappa shape index (κ2) is 11.1. The molecule has 2 N–H and O–H groups in total. The fourth-order valence-corrected chi connectivity index (χ4v) is 5.20. The van der Waals surface area contributed by atoms with Crippen molar-refractivity contribution in [2.75, 3.05) is 7.11 Å². The molecule has 2 atom stereocenters. The second-order valence-electron chi connectivity index (χ2n) is 9.70. The van der Waals surface area contributed by atoms with Gasteiger partial charge in [-0.1, -0.05) is 84.9 Å². The first-order valence-electron chi connectivity index (χ1n) is 13.1. The molecule has 0 fully saturated rings. The molecule has 1 aliphatic rings. The van der Waals surface area contributed by atoms with Crippen molar-refractivity contribution in [3.63, 3.8) is 0 Å². The first kappa shape index (κ1) is 24.8. The first-order chi connectivity index (χ1) is 19.2. The number of H-pyrrole nitrogens is 1. The van der Waals surface area contributed by atoms with Crippen molar-refractivity contribution in [2.45, 2.75) is 31.7 Å². The minimum absolute atomic E-state index is 0.257. The van der Waals surface area contributed by atoms with E-state index in [1.807, 2.05) is 91.0 Å². The molecule has 196 valence electrons. The topological polar surface area (TPSA) is 72.6 Å². The van der Waals surface area contributed by atoms with E-state index < -0.39 is 6.04 Å². The van der Waals surface area contributed by atoms with Gasteiger partial charge < -0.3 is 19.2 Å². The van der Waals surface area contributed by atoms with Gasteiger partial charge in [0.15, 0.2) is 11.5 Å². The number of aromatic nitrogens is 1. The number of carbonyl (C=O) groups is 1. The van der Waals surface area contributed by atoms with Gasteiger partial charge in [0.1, 0.15) is 19.3 Å². The molecule has 6 heteroatoms. The number of carbonyl (C=O) groups excluding carboxylic acids is 1. The Bertz CT molecular complexity index is 1580. The number of benzene rings is 4. The Kier molecular flexibility index (Phi) is 7.02. The zero-order valence-electron chi connectivity index (χ0n) is 21.7. The summed E-state index contributed by atoms with van der Waals surface area (Å²) in [5, 5.41) is 4.64. The van der Waals surface area contributed by atoms with Crippen LogP contribution < -0.4 is 14.8 Å². The molecule has 5 aromatic rings. The van der Waals surface area contributed by atoms with Crippen molar-refractivity contribution in [1.82, 2.24) is 10.3 Å². The van der Waals surface area contributed by atoms with Crippen molar-refractivity contribution in [2.24, 2.45) is 0 Å². The summed E-state index contributed by atoms with van der Waals surface area (Å²) in [6, 6.07) is 33.6. The molecule has 1 aromatic heterocycles. The highest BCUT2D eigenvalue weighted by Crippen LogP contribution is 2.39. The predicted octanol–water partition coefficient (Wildman–Crippen LogP) is 6.10. The van der Waals surface area contributed by atoms with E-state index in [1.165, 1.54) is 7.11 Å². The highest BCUT2D eigenvalue weighted by Gasteiger charge is 2.34. The van der Waals surface area contributed by atoms with E-state index in [2.05, 4.69) is 22.4 Å². The number of fused-ring (bicyclic) bond motifs is 3. The number of hydrogen-bond donors (Lipinski definition) is 2. The van der Waals surface area contributed by atoms with Crippen LogP contribution in [-0.2, 0) is 29.2 Å². The molecule has 0 aliphatic carbocycles. The fraction of sp³-hybridized carbons (Fsp3) is 0.182. The third kappa shape index (κ3) is 5.24. The van der Waals surface area contributed by atoms with E-state index in [0.29, 0.717) is 31.1 Å². The van der Waals surface area contributed by atoms with Gasteiger partial charge in [0.2, 0.25) is 0 Å². The molecule has 39 heavy (non-hydrogen) atoms. The normalized spacial score (nSPS) is 16.4. The molecule has 0 spiro atoms. The average molecular weight is 519 g/mol. The molecule has 0 saturated heterocycles. The van der Waals surface area contributed by atoms with Gasteiger partial charge >= 0.3 is 5.97 Å². The number of aromatic amines is 1. The number of esters is 1. The summed E-state index contributed by atoms with van der Waals surface area (Å²) in [4.78, 5) is 16.3. The van der Waals surface area contributed by atoms with Crippen LogP contribution in [0.5, 0.6) is 11.5 Å². The van der Waals surface area contributed by atoms with Crippen LogP contribution in [0.15, 0.2) is 103 Å². The zero-order chi connectivity index (χ0) is 26.6. The molecule has 0 amide bonds. The van der Waals surface area contributed by atoms with Crippen LogP contribution in [0.25, 0.3) is 10.9 Å². The molecular weight excluding hydrogens is 488 g/mol. The summed E-state index contributed by atoms with van der Waals surface area (Å²) < 4.78 is 17.7. The number of nitrogens with one attached hydrogen (secondary N) is 2. The second-order valence-corrected chi connectivity index (χ2v) is 9.70. The Balaban J connectivity index is 1.37. The number of hydrogen-bond acceptors (Lipinski definition) is 5. The van der Waals surface area contributed by atoms with Gasteiger partial charge in [-0.2, -0.15) is 0 Å². The lowest BCUT2D eigenvalue weighted by Crippen LogP contribution is -2.45.